The van der Waals surface area contributed by atoms with Crippen LogP contribution in [0.3, 0.4) is 0 Å². The number of aromatic nitrogens is 5. The number of hydrogen-bond donors (Lipinski definition) is 1. The van der Waals surface area contributed by atoms with Gasteiger partial charge in [0.1, 0.15) is 22.7 Å². The molecule has 41 heavy (non-hydrogen) atoms. The molecule has 0 radical (unpaired) electrons. The van der Waals surface area contributed by atoms with Gasteiger partial charge in [0.05, 0.1) is 6.20 Å². The van der Waals surface area contributed by atoms with E-state index in [0.29, 0.717) is 18.8 Å². The molecule has 0 bridgehead atoms. The Morgan fingerprint density at radius 1 is 1.10 bits per heavy atom. The molecule has 1 aliphatic rings. The number of nitrogens with zero attached hydrogens (tertiary/aromatic N) is 7. The summed E-state index contributed by atoms with van der Waals surface area (Å²) in [5, 5.41) is 0. The quantitative estimate of drug-likeness (QED) is 0.323. The van der Waals surface area contributed by atoms with Gasteiger partial charge < -0.3 is 19.8 Å². The van der Waals surface area contributed by atoms with Gasteiger partial charge in [-0.15, -0.1) is 0 Å². The van der Waals surface area contributed by atoms with E-state index in [0.717, 1.165) is 16.8 Å². The summed E-state index contributed by atoms with van der Waals surface area (Å²) in [6.45, 7) is -0.302. The molecule has 1 saturated heterocycles. The summed E-state index contributed by atoms with van der Waals surface area (Å²) < 4.78 is 91.2. The average Bonchev–Trinajstić information content (AvgIpc) is 3.33. The van der Waals surface area contributed by atoms with Crippen molar-refractivity contribution in [1.29, 1.82) is 0 Å². The number of halogens is 6. The van der Waals surface area contributed by atoms with E-state index in [-0.39, 0.29) is 60.6 Å². The van der Waals surface area contributed by atoms with Gasteiger partial charge in [-0.2, -0.15) is 26.9 Å². The van der Waals surface area contributed by atoms with Crippen molar-refractivity contribution in [3.63, 3.8) is 0 Å². The zero-order valence-corrected chi connectivity index (χ0v) is 21.3. The summed E-state index contributed by atoms with van der Waals surface area (Å²) in [6.07, 6.45) is -4.06. The number of hydrogen-bond acceptors (Lipinski definition) is 10. The highest BCUT2D eigenvalue weighted by molar-refractivity contribution is 5.86. The number of pyridine rings is 1. The van der Waals surface area contributed by atoms with Crippen molar-refractivity contribution >= 4 is 22.9 Å². The second-order valence-electron chi connectivity index (χ2n) is 9.11. The first-order valence-electron chi connectivity index (χ1n) is 12.2. The van der Waals surface area contributed by atoms with Crippen LogP contribution in [0.4, 0.5) is 38.1 Å². The van der Waals surface area contributed by atoms with Crippen molar-refractivity contribution in [2.75, 3.05) is 43.4 Å². The number of ether oxygens (including phenoxy) is 1. The standard InChI is InChI=1S/C24H22F6N8O3/c1-12-2-3-15(40-12)16-17-20(35-23(31)34-16)38(21(39)18(33-17)24(28,29)30)9-6-36-4-7-37(8-5-36)19-14(25)10-13(11-32-19)41-22(26)27/h2-3,10-11,22H,4-9H2,1H3,(H2,31,34,35). The third-order valence-corrected chi connectivity index (χ3v) is 6.39. The van der Waals surface area contributed by atoms with Gasteiger partial charge in [-0.3, -0.25) is 14.3 Å². The molecule has 1 aliphatic heterocycles. The Morgan fingerprint density at radius 2 is 1.83 bits per heavy atom. The van der Waals surface area contributed by atoms with E-state index >= 15 is 0 Å². The highest BCUT2D eigenvalue weighted by atomic mass is 19.4. The number of nitrogen functional groups attached to an aromatic ring is 1. The molecule has 0 spiro atoms. The lowest BCUT2D eigenvalue weighted by molar-refractivity contribution is -0.142. The predicted octanol–water partition coefficient (Wildman–Crippen LogP) is 3.31. The third kappa shape index (κ3) is 5.89. The number of furan rings is 1. The Bertz CT molecular complexity index is 1630. The molecule has 4 aromatic rings. The Hall–Kier alpha value is -4.41. The van der Waals surface area contributed by atoms with Crippen LogP contribution in [0.2, 0.25) is 0 Å². The first-order chi connectivity index (χ1) is 19.4. The normalized spacial score (nSPS) is 14.8. The molecule has 5 rings (SSSR count). The Morgan fingerprint density at radius 3 is 2.44 bits per heavy atom. The average molecular weight is 584 g/mol. The Kier molecular flexibility index (Phi) is 7.46. The first kappa shape index (κ1) is 28.1. The number of piperazine rings is 1. The second-order valence-corrected chi connectivity index (χ2v) is 9.11. The van der Waals surface area contributed by atoms with Crippen molar-refractivity contribution in [2.45, 2.75) is 26.3 Å². The molecular weight excluding hydrogens is 562 g/mol. The first-order valence-corrected chi connectivity index (χ1v) is 12.2. The molecule has 218 valence electrons. The Balaban J connectivity index is 1.39. The lowest BCUT2D eigenvalue weighted by Crippen LogP contribution is -2.48. The van der Waals surface area contributed by atoms with Gasteiger partial charge in [0.15, 0.2) is 23.0 Å². The predicted molar refractivity (Wildman–Crippen MR) is 133 cm³/mol. The van der Waals surface area contributed by atoms with Crippen molar-refractivity contribution < 1.29 is 35.5 Å². The molecule has 0 aromatic carbocycles. The maximum Gasteiger partial charge on any atom is 0.438 e. The fourth-order valence-electron chi connectivity index (χ4n) is 4.50. The van der Waals surface area contributed by atoms with Crippen LogP contribution in [0.5, 0.6) is 5.75 Å². The summed E-state index contributed by atoms with van der Waals surface area (Å²) in [6, 6.07) is 3.90. The summed E-state index contributed by atoms with van der Waals surface area (Å²) in [4.78, 5) is 31.9. The highest BCUT2D eigenvalue weighted by Gasteiger charge is 2.38. The van der Waals surface area contributed by atoms with Gasteiger partial charge in [-0.1, -0.05) is 0 Å². The SMILES string of the molecule is Cc1ccc(-c2nc(N)nc3c2nc(C(F)(F)F)c(=O)n3CCN2CCN(c3ncc(OC(F)F)cc3F)CC2)o1. The van der Waals surface area contributed by atoms with Crippen LogP contribution < -0.4 is 20.9 Å². The van der Waals surface area contributed by atoms with Crippen LogP contribution in [0.1, 0.15) is 11.5 Å². The van der Waals surface area contributed by atoms with Crippen LogP contribution in [-0.2, 0) is 12.7 Å². The van der Waals surface area contributed by atoms with E-state index in [1.807, 2.05) is 4.90 Å². The number of rotatable bonds is 7. The van der Waals surface area contributed by atoms with E-state index in [4.69, 9.17) is 10.2 Å². The van der Waals surface area contributed by atoms with Gasteiger partial charge >= 0.3 is 12.8 Å². The van der Waals surface area contributed by atoms with Gasteiger partial charge in [-0.05, 0) is 19.1 Å². The summed E-state index contributed by atoms with van der Waals surface area (Å²) in [5.41, 5.74) is 2.25. The van der Waals surface area contributed by atoms with Crippen molar-refractivity contribution in [1.82, 2.24) is 29.4 Å². The monoisotopic (exact) mass is 584 g/mol. The molecule has 0 aliphatic carbocycles. The lowest BCUT2D eigenvalue weighted by atomic mass is 10.2. The zero-order valence-electron chi connectivity index (χ0n) is 21.3. The zero-order chi connectivity index (χ0) is 29.5. The number of aryl methyl sites for hydroxylation is 1. The van der Waals surface area contributed by atoms with Gasteiger partial charge in [0.2, 0.25) is 11.6 Å². The van der Waals surface area contributed by atoms with Gasteiger partial charge in [0.25, 0.3) is 5.56 Å². The molecule has 0 saturated carbocycles. The van der Waals surface area contributed by atoms with E-state index in [9.17, 15) is 31.1 Å². The minimum atomic E-state index is -5.05. The summed E-state index contributed by atoms with van der Waals surface area (Å²) in [5.74, 6) is -1.01. The van der Waals surface area contributed by atoms with E-state index in [1.165, 1.54) is 6.07 Å². The molecule has 0 unspecified atom stereocenters. The summed E-state index contributed by atoms with van der Waals surface area (Å²) >= 11 is 0. The number of fused-ring (bicyclic) bond motifs is 1. The highest BCUT2D eigenvalue weighted by Crippen LogP contribution is 2.31. The molecule has 1 fully saturated rings. The van der Waals surface area contributed by atoms with E-state index in [1.54, 1.807) is 17.9 Å². The van der Waals surface area contributed by atoms with Gasteiger partial charge in [0, 0.05) is 45.3 Å². The van der Waals surface area contributed by atoms with Crippen molar-refractivity contribution in [3.8, 4) is 17.2 Å². The maximum atomic E-state index is 14.5. The van der Waals surface area contributed by atoms with Crippen LogP contribution in [0.15, 0.2) is 33.6 Å². The maximum absolute atomic E-state index is 14.5. The fraction of sp³-hybridized carbons (Fsp3) is 0.375. The van der Waals surface area contributed by atoms with E-state index < -0.39 is 35.6 Å². The molecular formula is C24H22F6N8O3. The number of nitrogens with two attached hydrogens (primary N) is 1. The smallest absolute Gasteiger partial charge is 0.438 e. The van der Waals surface area contributed by atoms with Crippen molar-refractivity contribution in [2.24, 2.45) is 0 Å². The topological polar surface area (TPSA) is 128 Å². The molecule has 4 aromatic heterocycles. The number of anilines is 2. The molecule has 0 atom stereocenters. The molecule has 5 heterocycles. The summed E-state index contributed by atoms with van der Waals surface area (Å²) in [7, 11) is 0. The second kappa shape index (κ2) is 10.9. The van der Waals surface area contributed by atoms with Crippen LogP contribution in [-0.4, -0.2) is 68.7 Å². The molecule has 0 amide bonds. The van der Waals surface area contributed by atoms with Crippen LogP contribution >= 0.6 is 0 Å². The van der Waals surface area contributed by atoms with Crippen molar-refractivity contribution in [3.05, 3.63) is 52.0 Å². The minimum absolute atomic E-state index is 0.0506. The minimum Gasteiger partial charge on any atom is -0.460 e. The van der Waals surface area contributed by atoms with Crippen LogP contribution in [0.25, 0.3) is 22.6 Å². The third-order valence-electron chi connectivity index (χ3n) is 6.39. The Labute approximate surface area is 227 Å². The van der Waals surface area contributed by atoms with Gasteiger partial charge in [-0.25, -0.2) is 19.3 Å². The molecule has 2 N–H and O–H groups in total. The largest absolute Gasteiger partial charge is 0.460 e. The van der Waals surface area contributed by atoms with E-state index in [2.05, 4.69) is 24.7 Å². The number of alkyl halides is 5. The lowest BCUT2D eigenvalue weighted by Gasteiger charge is -2.35. The van der Waals surface area contributed by atoms with Crippen LogP contribution in [0, 0.1) is 12.7 Å². The fourth-order valence-corrected chi connectivity index (χ4v) is 4.50. The molecule has 11 nitrogen and oxygen atoms in total. The molecule has 17 heteroatoms.